The van der Waals surface area contributed by atoms with E-state index in [1.165, 1.54) is 7.11 Å². The average molecular weight is 203 g/mol. The van der Waals surface area contributed by atoms with Gasteiger partial charge in [0.2, 0.25) is 0 Å². The molecule has 1 unspecified atom stereocenters. The predicted molar refractivity (Wildman–Crippen MR) is 56.2 cm³/mol. The number of benzene rings is 1. The molecule has 0 fully saturated rings. The number of ether oxygens (including phenoxy) is 1. The fourth-order valence-electron chi connectivity index (χ4n) is 1.51. The molecule has 1 aromatic carbocycles. The van der Waals surface area contributed by atoms with Crippen LogP contribution in [0.15, 0.2) is 24.3 Å². The fraction of sp³-hybridized carbons (Fsp3) is 0.333. The van der Waals surface area contributed by atoms with Crippen LogP contribution in [0, 0.1) is 11.3 Å². The standard InChI is InChI=1S/C12H13NO2/c1-3-11(12(14)15-2)10-6-4-5-9(7-10)8-13/h4-7,11H,3H2,1-2H3. The van der Waals surface area contributed by atoms with E-state index in [0.717, 1.165) is 5.56 Å². The van der Waals surface area contributed by atoms with Crippen LogP contribution >= 0.6 is 0 Å². The van der Waals surface area contributed by atoms with Gasteiger partial charge in [-0.05, 0) is 24.1 Å². The molecule has 3 heteroatoms. The third kappa shape index (κ3) is 2.57. The van der Waals surface area contributed by atoms with Gasteiger partial charge in [-0.15, -0.1) is 0 Å². The molecular weight excluding hydrogens is 190 g/mol. The second kappa shape index (κ2) is 5.16. The van der Waals surface area contributed by atoms with Crippen molar-refractivity contribution in [3.8, 4) is 6.07 Å². The van der Waals surface area contributed by atoms with Gasteiger partial charge in [0.05, 0.1) is 24.7 Å². The molecule has 0 aliphatic rings. The van der Waals surface area contributed by atoms with Gasteiger partial charge in [-0.3, -0.25) is 4.79 Å². The third-order valence-corrected chi connectivity index (χ3v) is 2.31. The molecule has 0 radical (unpaired) electrons. The summed E-state index contributed by atoms with van der Waals surface area (Å²) in [7, 11) is 1.37. The molecule has 0 aromatic heterocycles. The van der Waals surface area contributed by atoms with Gasteiger partial charge in [0.25, 0.3) is 0 Å². The molecule has 0 saturated heterocycles. The van der Waals surface area contributed by atoms with E-state index in [4.69, 9.17) is 10.00 Å². The molecule has 0 spiro atoms. The van der Waals surface area contributed by atoms with Crippen LogP contribution in [-0.2, 0) is 9.53 Å². The van der Waals surface area contributed by atoms with Crippen LogP contribution in [-0.4, -0.2) is 13.1 Å². The van der Waals surface area contributed by atoms with E-state index in [1.807, 2.05) is 13.0 Å². The minimum Gasteiger partial charge on any atom is -0.469 e. The third-order valence-electron chi connectivity index (χ3n) is 2.31. The maximum Gasteiger partial charge on any atom is 0.313 e. The highest BCUT2D eigenvalue weighted by molar-refractivity contribution is 5.78. The van der Waals surface area contributed by atoms with Crippen molar-refractivity contribution in [2.24, 2.45) is 0 Å². The van der Waals surface area contributed by atoms with E-state index in [0.29, 0.717) is 12.0 Å². The van der Waals surface area contributed by atoms with Crippen molar-refractivity contribution in [2.45, 2.75) is 19.3 Å². The van der Waals surface area contributed by atoms with E-state index in [9.17, 15) is 4.79 Å². The summed E-state index contributed by atoms with van der Waals surface area (Å²) in [5, 5.41) is 8.75. The van der Waals surface area contributed by atoms with E-state index in [1.54, 1.807) is 18.2 Å². The molecule has 0 saturated carbocycles. The maximum atomic E-state index is 11.4. The number of nitrogens with zero attached hydrogens (tertiary/aromatic N) is 1. The second-order valence-corrected chi connectivity index (χ2v) is 3.22. The topological polar surface area (TPSA) is 50.1 Å². The lowest BCUT2D eigenvalue weighted by atomic mass is 9.95. The Labute approximate surface area is 89.3 Å². The first-order chi connectivity index (χ1) is 7.22. The Hall–Kier alpha value is -1.82. The van der Waals surface area contributed by atoms with Gasteiger partial charge in [0.15, 0.2) is 0 Å². The molecule has 0 aliphatic heterocycles. The number of methoxy groups -OCH3 is 1. The van der Waals surface area contributed by atoms with E-state index in [-0.39, 0.29) is 11.9 Å². The highest BCUT2D eigenvalue weighted by atomic mass is 16.5. The normalized spacial score (nSPS) is 11.5. The summed E-state index contributed by atoms with van der Waals surface area (Å²) in [5.41, 5.74) is 1.40. The van der Waals surface area contributed by atoms with Crippen LogP contribution in [0.2, 0.25) is 0 Å². The summed E-state index contributed by atoms with van der Waals surface area (Å²) in [5.74, 6) is -0.532. The van der Waals surface area contributed by atoms with Gasteiger partial charge in [-0.2, -0.15) is 5.26 Å². The van der Waals surface area contributed by atoms with E-state index < -0.39 is 0 Å². The number of hydrogen-bond acceptors (Lipinski definition) is 3. The lowest BCUT2D eigenvalue weighted by Gasteiger charge is -2.12. The molecule has 0 amide bonds. The van der Waals surface area contributed by atoms with Crippen LogP contribution in [0.1, 0.15) is 30.4 Å². The molecule has 1 atom stereocenters. The summed E-state index contributed by atoms with van der Waals surface area (Å²) in [6.07, 6.45) is 0.668. The van der Waals surface area contributed by atoms with Gasteiger partial charge in [0.1, 0.15) is 0 Å². The van der Waals surface area contributed by atoms with Crippen molar-refractivity contribution < 1.29 is 9.53 Å². The minimum atomic E-state index is -0.275. The van der Waals surface area contributed by atoms with Crippen molar-refractivity contribution in [3.63, 3.8) is 0 Å². The Morgan fingerprint density at radius 3 is 2.87 bits per heavy atom. The lowest BCUT2D eigenvalue weighted by molar-refractivity contribution is -0.142. The van der Waals surface area contributed by atoms with Gasteiger partial charge in [-0.1, -0.05) is 19.1 Å². The van der Waals surface area contributed by atoms with Crippen molar-refractivity contribution in [1.82, 2.24) is 0 Å². The van der Waals surface area contributed by atoms with Crippen LogP contribution in [0.3, 0.4) is 0 Å². The number of rotatable bonds is 3. The molecule has 0 N–H and O–H groups in total. The first-order valence-electron chi connectivity index (χ1n) is 4.80. The minimum absolute atomic E-state index is 0.257. The Balaban J connectivity index is 3.02. The van der Waals surface area contributed by atoms with E-state index >= 15 is 0 Å². The summed E-state index contributed by atoms with van der Waals surface area (Å²) >= 11 is 0. The molecule has 1 rings (SSSR count). The molecule has 1 aromatic rings. The van der Waals surface area contributed by atoms with Crippen molar-refractivity contribution in [2.75, 3.05) is 7.11 Å². The number of carbonyl (C=O) groups is 1. The molecule has 15 heavy (non-hydrogen) atoms. The van der Waals surface area contributed by atoms with Crippen molar-refractivity contribution >= 4 is 5.97 Å². The number of hydrogen-bond donors (Lipinski definition) is 0. The maximum absolute atomic E-state index is 11.4. The second-order valence-electron chi connectivity index (χ2n) is 3.22. The van der Waals surface area contributed by atoms with Crippen LogP contribution in [0.5, 0.6) is 0 Å². The van der Waals surface area contributed by atoms with Gasteiger partial charge in [-0.25, -0.2) is 0 Å². The van der Waals surface area contributed by atoms with Crippen LogP contribution < -0.4 is 0 Å². The van der Waals surface area contributed by atoms with Gasteiger partial charge >= 0.3 is 5.97 Å². The molecular formula is C12H13NO2. The highest BCUT2D eigenvalue weighted by Gasteiger charge is 2.19. The quantitative estimate of drug-likeness (QED) is 0.708. The van der Waals surface area contributed by atoms with Gasteiger partial charge < -0.3 is 4.74 Å². The molecule has 78 valence electrons. The Bertz CT molecular complexity index is 393. The fourth-order valence-corrected chi connectivity index (χ4v) is 1.51. The Morgan fingerprint density at radius 1 is 1.60 bits per heavy atom. The Morgan fingerprint density at radius 2 is 2.33 bits per heavy atom. The van der Waals surface area contributed by atoms with Crippen molar-refractivity contribution in [3.05, 3.63) is 35.4 Å². The smallest absolute Gasteiger partial charge is 0.313 e. The number of carbonyl (C=O) groups excluding carboxylic acids is 1. The monoisotopic (exact) mass is 203 g/mol. The van der Waals surface area contributed by atoms with Crippen LogP contribution in [0.4, 0.5) is 0 Å². The zero-order valence-electron chi connectivity index (χ0n) is 8.86. The first-order valence-corrected chi connectivity index (χ1v) is 4.80. The summed E-state index contributed by atoms with van der Waals surface area (Å²) in [4.78, 5) is 11.4. The summed E-state index contributed by atoms with van der Waals surface area (Å²) in [6, 6.07) is 9.11. The van der Waals surface area contributed by atoms with Crippen LogP contribution in [0.25, 0.3) is 0 Å². The number of esters is 1. The largest absolute Gasteiger partial charge is 0.469 e. The van der Waals surface area contributed by atoms with Crippen molar-refractivity contribution in [1.29, 1.82) is 5.26 Å². The SMILES string of the molecule is CCC(C(=O)OC)c1cccc(C#N)c1. The lowest BCUT2D eigenvalue weighted by Crippen LogP contribution is -2.13. The summed E-state index contributed by atoms with van der Waals surface area (Å²) in [6.45, 7) is 1.92. The first kappa shape index (κ1) is 11.3. The zero-order valence-corrected chi connectivity index (χ0v) is 8.86. The molecule has 0 bridgehead atoms. The summed E-state index contributed by atoms with van der Waals surface area (Å²) < 4.78 is 4.71. The Kier molecular flexibility index (Phi) is 3.87. The zero-order chi connectivity index (χ0) is 11.3. The average Bonchev–Trinajstić information content (AvgIpc) is 2.30. The number of nitriles is 1. The molecule has 0 heterocycles. The van der Waals surface area contributed by atoms with Gasteiger partial charge in [0, 0.05) is 0 Å². The predicted octanol–water partition coefficient (Wildman–Crippen LogP) is 2.22. The highest BCUT2D eigenvalue weighted by Crippen LogP contribution is 2.21. The molecule has 3 nitrogen and oxygen atoms in total. The van der Waals surface area contributed by atoms with E-state index in [2.05, 4.69) is 6.07 Å². The molecule has 0 aliphatic carbocycles.